The van der Waals surface area contributed by atoms with Gasteiger partial charge in [-0.3, -0.25) is 9.78 Å². The normalized spacial score (nSPS) is 14.6. The monoisotopic (exact) mass is 430 g/mol. The Hall–Kier alpha value is -3.74. The number of hydrogen-bond acceptors (Lipinski definition) is 6. The van der Waals surface area contributed by atoms with E-state index in [0.717, 1.165) is 45.5 Å². The van der Waals surface area contributed by atoms with Crippen molar-refractivity contribution in [3.63, 3.8) is 0 Å². The minimum absolute atomic E-state index is 0.131. The van der Waals surface area contributed by atoms with E-state index in [1.807, 2.05) is 43.3 Å². The maximum atomic E-state index is 12.1. The number of allylic oxidation sites excluding steroid dienone is 2. The first-order valence-corrected chi connectivity index (χ1v) is 10.8. The highest BCUT2D eigenvalue weighted by molar-refractivity contribution is 5.98. The molecule has 0 bridgehead atoms. The van der Waals surface area contributed by atoms with Gasteiger partial charge in [0.05, 0.1) is 0 Å². The van der Waals surface area contributed by atoms with E-state index in [2.05, 4.69) is 20.6 Å². The van der Waals surface area contributed by atoms with E-state index >= 15 is 0 Å². The predicted molar refractivity (Wildman–Crippen MR) is 124 cm³/mol. The van der Waals surface area contributed by atoms with Crippen molar-refractivity contribution in [1.82, 2.24) is 15.3 Å². The van der Waals surface area contributed by atoms with Crippen LogP contribution in [-0.2, 0) is 16.0 Å². The van der Waals surface area contributed by atoms with Crippen LogP contribution in [0.25, 0.3) is 10.8 Å². The molecule has 7 nitrogen and oxygen atoms in total. The number of carbonyl (C=O) groups is 2. The van der Waals surface area contributed by atoms with Crippen LogP contribution in [0.2, 0.25) is 0 Å². The van der Waals surface area contributed by atoms with E-state index in [1.165, 1.54) is 0 Å². The number of Topliss-reactive ketones (excluding diaryl/α,β-unsaturated/α-hetero) is 1. The topological polar surface area (TPSA) is 104 Å². The lowest BCUT2D eigenvalue weighted by atomic mass is 10.0. The number of nitrogens with zero attached hydrogens (tertiary/aromatic N) is 2. The zero-order chi connectivity index (χ0) is 22.5. The van der Waals surface area contributed by atoms with Gasteiger partial charge in [-0.2, -0.15) is 0 Å². The Morgan fingerprint density at radius 1 is 1.12 bits per heavy atom. The Kier molecular flexibility index (Phi) is 6.44. The summed E-state index contributed by atoms with van der Waals surface area (Å²) in [6.45, 7) is 2.02. The molecule has 0 spiro atoms. The number of aliphatic carboxylic acids is 1. The largest absolute Gasteiger partial charge is 0.480 e. The molecule has 1 aliphatic carbocycles. The number of anilines is 2. The molecule has 1 aromatic carbocycles. The van der Waals surface area contributed by atoms with Crippen molar-refractivity contribution in [2.24, 2.45) is 0 Å². The number of aromatic nitrogens is 2. The Bertz CT molecular complexity index is 1170. The van der Waals surface area contributed by atoms with Gasteiger partial charge < -0.3 is 15.7 Å². The summed E-state index contributed by atoms with van der Waals surface area (Å²) in [5, 5.41) is 18.2. The van der Waals surface area contributed by atoms with Crippen LogP contribution in [0, 0.1) is 0 Å². The molecule has 0 saturated heterocycles. The number of benzene rings is 1. The Balaban J connectivity index is 1.47. The van der Waals surface area contributed by atoms with Crippen LogP contribution in [0.1, 0.15) is 38.2 Å². The molecule has 0 radical (unpaired) electrons. The van der Waals surface area contributed by atoms with E-state index in [9.17, 15) is 14.7 Å². The molecular weight excluding hydrogens is 404 g/mol. The van der Waals surface area contributed by atoms with Crippen molar-refractivity contribution >= 4 is 34.0 Å². The SMILES string of the molecule is CCCC1=C(NC(Cc2ccc(Nc3nccc4cnccc34)cc2)C(=O)O)CCC1=O. The number of hydrogen-bond donors (Lipinski definition) is 3. The first-order chi connectivity index (χ1) is 15.5. The van der Waals surface area contributed by atoms with Crippen LogP contribution in [0.4, 0.5) is 11.5 Å². The molecule has 7 heteroatoms. The van der Waals surface area contributed by atoms with Gasteiger partial charge >= 0.3 is 5.97 Å². The lowest BCUT2D eigenvalue weighted by Gasteiger charge is -2.18. The third-order valence-electron chi connectivity index (χ3n) is 5.67. The number of carboxylic acids is 1. The molecule has 3 N–H and O–H groups in total. The average Bonchev–Trinajstić information content (AvgIpc) is 3.14. The van der Waals surface area contributed by atoms with Gasteiger partial charge in [-0.25, -0.2) is 9.78 Å². The molecular formula is C25H26N4O3. The minimum Gasteiger partial charge on any atom is -0.480 e. The summed E-state index contributed by atoms with van der Waals surface area (Å²) in [5.41, 5.74) is 3.31. The number of carboxylic acid groups (broad SMARTS) is 1. The fourth-order valence-electron chi connectivity index (χ4n) is 4.03. The number of ketones is 1. The van der Waals surface area contributed by atoms with Gasteiger partial charge in [0.25, 0.3) is 0 Å². The van der Waals surface area contributed by atoms with E-state index in [-0.39, 0.29) is 5.78 Å². The first kappa shape index (κ1) is 21.5. The molecule has 0 saturated carbocycles. The molecule has 4 rings (SSSR count). The van der Waals surface area contributed by atoms with Crippen molar-refractivity contribution in [2.75, 3.05) is 5.32 Å². The molecule has 2 aromatic heterocycles. The summed E-state index contributed by atoms with van der Waals surface area (Å²) in [6.07, 6.45) is 8.19. The molecule has 2 heterocycles. The molecule has 1 aliphatic rings. The van der Waals surface area contributed by atoms with Gasteiger partial charge in [-0.05, 0) is 42.7 Å². The average molecular weight is 431 g/mol. The maximum Gasteiger partial charge on any atom is 0.326 e. The second-order valence-corrected chi connectivity index (χ2v) is 7.95. The molecule has 1 unspecified atom stereocenters. The molecule has 1 atom stereocenters. The van der Waals surface area contributed by atoms with Gasteiger partial charge in [-0.15, -0.1) is 0 Å². The van der Waals surface area contributed by atoms with Crippen molar-refractivity contribution < 1.29 is 14.7 Å². The van der Waals surface area contributed by atoms with Gasteiger partial charge in [0.1, 0.15) is 11.9 Å². The van der Waals surface area contributed by atoms with E-state index in [1.54, 1.807) is 18.6 Å². The van der Waals surface area contributed by atoms with E-state index in [0.29, 0.717) is 25.7 Å². The Morgan fingerprint density at radius 3 is 2.69 bits per heavy atom. The first-order valence-electron chi connectivity index (χ1n) is 10.8. The second-order valence-electron chi connectivity index (χ2n) is 7.95. The summed E-state index contributed by atoms with van der Waals surface area (Å²) in [5.74, 6) is -0.0563. The second kappa shape index (κ2) is 9.60. The zero-order valence-corrected chi connectivity index (χ0v) is 18.0. The molecule has 164 valence electrons. The van der Waals surface area contributed by atoms with Crippen molar-refractivity contribution in [3.8, 4) is 0 Å². The summed E-state index contributed by atoms with van der Waals surface area (Å²) in [6, 6.07) is 10.7. The molecule has 0 fully saturated rings. The third kappa shape index (κ3) is 4.77. The number of carbonyl (C=O) groups excluding carboxylic acids is 1. The molecule has 0 aliphatic heterocycles. The van der Waals surface area contributed by atoms with Crippen molar-refractivity contribution in [3.05, 3.63) is 71.8 Å². The quantitative estimate of drug-likeness (QED) is 0.463. The number of pyridine rings is 2. The number of fused-ring (bicyclic) bond motifs is 1. The fourth-order valence-corrected chi connectivity index (χ4v) is 4.03. The Morgan fingerprint density at radius 2 is 1.94 bits per heavy atom. The lowest BCUT2D eigenvalue weighted by molar-refractivity contribution is -0.139. The van der Waals surface area contributed by atoms with Crippen LogP contribution in [-0.4, -0.2) is 32.9 Å². The van der Waals surface area contributed by atoms with Crippen molar-refractivity contribution in [2.45, 2.75) is 45.1 Å². The van der Waals surface area contributed by atoms with Gasteiger partial charge in [0.15, 0.2) is 5.78 Å². The van der Waals surface area contributed by atoms with Crippen LogP contribution < -0.4 is 10.6 Å². The Labute approximate surface area is 186 Å². The van der Waals surface area contributed by atoms with Crippen LogP contribution in [0.5, 0.6) is 0 Å². The van der Waals surface area contributed by atoms with Crippen molar-refractivity contribution in [1.29, 1.82) is 0 Å². The summed E-state index contributed by atoms with van der Waals surface area (Å²) < 4.78 is 0. The highest BCUT2D eigenvalue weighted by Crippen LogP contribution is 2.26. The standard InChI is InChI=1S/C25H26N4O3/c1-2-3-20-21(8-9-23(20)30)29-22(25(31)32)14-16-4-6-18(7-5-16)28-24-19-11-12-26-15-17(19)10-13-27-24/h4-7,10-13,15,22,29H,2-3,8-9,14H2,1H3,(H,27,28)(H,31,32). The zero-order valence-electron chi connectivity index (χ0n) is 18.0. The predicted octanol–water partition coefficient (Wildman–Crippen LogP) is 4.38. The fraction of sp³-hybridized carbons (Fsp3) is 0.280. The van der Waals surface area contributed by atoms with Gasteiger partial charge in [0, 0.05) is 59.2 Å². The van der Waals surface area contributed by atoms with Crippen LogP contribution in [0.3, 0.4) is 0 Å². The minimum atomic E-state index is -0.927. The smallest absolute Gasteiger partial charge is 0.326 e. The van der Waals surface area contributed by atoms with Crippen LogP contribution in [0.15, 0.2) is 66.3 Å². The molecule has 3 aromatic rings. The molecule has 0 amide bonds. The summed E-state index contributed by atoms with van der Waals surface area (Å²) in [7, 11) is 0. The van der Waals surface area contributed by atoms with Crippen LogP contribution >= 0.6 is 0 Å². The maximum absolute atomic E-state index is 12.1. The number of nitrogens with one attached hydrogen (secondary N) is 2. The van der Waals surface area contributed by atoms with Gasteiger partial charge in [-0.1, -0.05) is 25.5 Å². The molecule has 32 heavy (non-hydrogen) atoms. The van der Waals surface area contributed by atoms with Gasteiger partial charge in [0.2, 0.25) is 0 Å². The summed E-state index contributed by atoms with van der Waals surface area (Å²) in [4.78, 5) is 32.5. The highest BCUT2D eigenvalue weighted by atomic mass is 16.4. The third-order valence-corrected chi connectivity index (χ3v) is 5.67. The highest BCUT2D eigenvalue weighted by Gasteiger charge is 2.26. The van der Waals surface area contributed by atoms with E-state index in [4.69, 9.17) is 0 Å². The number of rotatable bonds is 9. The summed E-state index contributed by atoms with van der Waals surface area (Å²) >= 11 is 0. The lowest BCUT2D eigenvalue weighted by Crippen LogP contribution is -2.38. The van der Waals surface area contributed by atoms with E-state index < -0.39 is 12.0 Å².